The number of nitrogens with zero attached hydrogens (tertiary/aromatic N) is 1. The van der Waals surface area contributed by atoms with Crippen molar-refractivity contribution in [2.45, 2.75) is 33.2 Å². The molecule has 1 aliphatic heterocycles. The predicted octanol–water partition coefficient (Wildman–Crippen LogP) is 2.23. The van der Waals surface area contributed by atoms with Crippen molar-refractivity contribution in [3.05, 3.63) is 51.7 Å². The molecule has 26 heavy (non-hydrogen) atoms. The van der Waals surface area contributed by atoms with Crippen molar-refractivity contribution >= 4 is 5.91 Å². The molecule has 7 heteroatoms. The number of carbonyl (C=O) groups excluding carboxylic acids is 1. The number of H-pyrrole nitrogens is 1. The van der Waals surface area contributed by atoms with Gasteiger partial charge in [0.2, 0.25) is 0 Å². The van der Waals surface area contributed by atoms with Crippen molar-refractivity contribution in [3.8, 4) is 11.5 Å². The zero-order valence-corrected chi connectivity index (χ0v) is 15.2. The molecule has 1 aromatic carbocycles. The fraction of sp³-hybridized carbons (Fsp3) is 0.421. The van der Waals surface area contributed by atoms with Crippen molar-refractivity contribution in [2.24, 2.45) is 5.92 Å². The van der Waals surface area contributed by atoms with Crippen LogP contribution in [-0.4, -0.2) is 29.1 Å². The highest BCUT2D eigenvalue weighted by atomic mass is 16.6. The van der Waals surface area contributed by atoms with Gasteiger partial charge in [0, 0.05) is 5.69 Å². The predicted molar refractivity (Wildman–Crippen MR) is 96.7 cm³/mol. The maximum atomic E-state index is 12.5. The summed E-state index contributed by atoms with van der Waals surface area (Å²) in [5, 5.41) is 2.88. The Kier molecular flexibility index (Phi) is 5.25. The summed E-state index contributed by atoms with van der Waals surface area (Å²) in [7, 11) is 0. The molecule has 2 N–H and O–H groups in total. The second-order valence-corrected chi connectivity index (χ2v) is 6.79. The van der Waals surface area contributed by atoms with E-state index in [9.17, 15) is 9.59 Å². The second kappa shape index (κ2) is 7.59. The van der Waals surface area contributed by atoms with Gasteiger partial charge in [0.05, 0.1) is 6.04 Å². The van der Waals surface area contributed by atoms with Crippen LogP contribution < -0.4 is 20.5 Å². The van der Waals surface area contributed by atoms with Gasteiger partial charge in [0.25, 0.3) is 5.91 Å². The second-order valence-electron chi connectivity index (χ2n) is 6.79. The zero-order chi connectivity index (χ0) is 18.7. The van der Waals surface area contributed by atoms with E-state index >= 15 is 0 Å². The summed E-state index contributed by atoms with van der Waals surface area (Å²) in [4.78, 5) is 30.7. The van der Waals surface area contributed by atoms with Crippen LogP contribution in [0.2, 0.25) is 0 Å². The lowest BCUT2D eigenvalue weighted by Crippen LogP contribution is -2.30. The SMILES string of the molecule is CC(C)Cc1cc(C(=O)NC(C)c2ccc3c(c2)OCCO3)nc(=O)[nH]1. The van der Waals surface area contributed by atoms with E-state index in [0.29, 0.717) is 42.7 Å². The molecular weight excluding hydrogens is 334 g/mol. The number of aromatic nitrogens is 2. The van der Waals surface area contributed by atoms with Crippen LogP contribution in [0.3, 0.4) is 0 Å². The van der Waals surface area contributed by atoms with Crippen LogP contribution in [0.15, 0.2) is 29.1 Å². The molecule has 0 saturated carbocycles. The summed E-state index contributed by atoms with van der Waals surface area (Å²) < 4.78 is 11.1. The van der Waals surface area contributed by atoms with Crippen LogP contribution in [0.1, 0.15) is 48.6 Å². The maximum Gasteiger partial charge on any atom is 0.345 e. The van der Waals surface area contributed by atoms with Crippen molar-refractivity contribution in [1.82, 2.24) is 15.3 Å². The Labute approximate surface area is 151 Å². The largest absolute Gasteiger partial charge is 0.486 e. The van der Waals surface area contributed by atoms with Crippen molar-refractivity contribution in [1.29, 1.82) is 0 Å². The number of benzene rings is 1. The minimum Gasteiger partial charge on any atom is -0.486 e. The summed E-state index contributed by atoms with van der Waals surface area (Å²) in [6, 6.07) is 6.93. The fourth-order valence-electron chi connectivity index (χ4n) is 2.86. The first-order valence-electron chi connectivity index (χ1n) is 8.73. The number of aromatic amines is 1. The highest BCUT2D eigenvalue weighted by Crippen LogP contribution is 2.32. The van der Waals surface area contributed by atoms with Gasteiger partial charge in [0.15, 0.2) is 11.5 Å². The summed E-state index contributed by atoms with van der Waals surface area (Å²) in [5.41, 5.74) is 1.20. The maximum absolute atomic E-state index is 12.5. The Balaban J connectivity index is 1.75. The third kappa shape index (κ3) is 4.22. The van der Waals surface area contributed by atoms with Gasteiger partial charge in [-0.3, -0.25) is 4.79 Å². The van der Waals surface area contributed by atoms with Gasteiger partial charge >= 0.3 is 5.69 Å². The smallest absolute Gasteiger partial charge is 0.345 e. The van der Waals surface area contributed by atoms with Gasteiger partial charge in [-0.05, 0) is 43.0 Å². The first-order chi connectivity index (χ1) is 12.4. The highest BCUT2D eigenvalue weighted by molar-refractivity contribution is 5.92. The molecule has 3 rings (SSSR count). The van der Waals surface area contributed by atoms with Crippen molar-refractivity contribution < 1.29 is 14.3 Å². The molecule has 1 amide bonds. The molecule has 1 atom stereocenters. The molecule has 1 aliphatic rings. The standard InChI is InChI=1S/C19H23N3O4/c1-11(2)8-14-10-15(22-19(24)21-14)18(23)20-12(3)13-4-5-16-17(9-13)26-7-6-25-16/h4-5,9-12H,6-8H2,1-3H3,(H,20,23)(H,21,22,24). The first kappa shape index (κ1) is 18.0. The van der Waals surface area contributed by atoms with Crippen LogP contribution in [0.4, 0.5) is 0 Å². The van der Waals surface area contributed by atoms with E-state index in [1.54, 1.807) is 6.07 Å². The molecule has 0 fully saturated rings. The summed E-state index contributed by atoms with van der Waals surface area (Å²) >= 11 is 0. The lowest BCUT2D eigenvalue weighted by atomic mass is 10.1. The van der Waals surface area contributed by atoms with Gasteiger partial charge in [0.1, 0.15) is 18.9 Å². The van der Waals surface area contributed by atoms with Gasteiger partial charge in [-0.15, -0.1) is 0 Å². The average molecular weight is 357 g/mol. The highest BCUT2D eigenvalue weighted by Gasteiger charge is 2.18. The molecular formula is C19H23N3O4. The molecule has 1 aromatic heterocycles. The number of rotatable bonds is 5. The van der Waals surface area contributed by atoms with E-state index in [1.807, 2.05) is 39.0 Å². The van der Waals surface area contributed by atoms with E-state index in [1.165, 1.54) is 0 Å². The number of amides is 1. The molecule has 2 heterocycles. The van der Waals surface area contributed by atoms with E-state index in [0.717, 1.165) is 5.56 Å². The molecule has 0 spiro atoms. The monoisotopic (exact) mass is 357 g/mol. The minimum absolute atomic E-state index is 0.119. The molecule has 0 radical (unpaired) electrons. The molecule has 7 nitrogen and oxygen atoms in total. The van der Waals surface area contributed by atoms with Crippen LogP contribution in [0.25, 0.3) is 0 Å². The Morgan fingerprint density at radius 2 is 1.92 bits per heavy atom. The zero-order valence-electron chi connectivity index (χ0n) is 15.2. The number of fused-ring (bicyclic) bond motifs is 1. The molecule has 2 aromatic rings. The first-order valence-corrected chi connectivity index (χ1v) is 8.73. The normalized spacial score (nSPS) is 14.2. The molecule has 0 aliphatic carbocycles. The summed E-state index contributed by atoms with van der Waals surface area (Å²) in [6.45, 7) is 6.99. The topological polar surface area (TPSA) is 93.3 Å². The van der Waals surface area contributed by atoms with Gasteiger partial charge in [-0.1, -0.05) is 19.9 Å². The average Bonchev–Trinajstić information content (AvgIpc) is 2.60. The summed E-state index contributed by atoms with van der Waals surface area (Å²) in [5.74, 6) is 1.35. The van der Waals surface area contributed by atoms with E-state index in [-0.39, 0.29) is 17.6 Å². The van der Waals surface area contributed by atoms with Crippen LogP contribution in [0.5, 0.6) is 11.5 Å². The number of nitrogens with one attached hydrogen (secondary N) is 2. The number of carbonyl (C=O) groups is 1. The van der Waals surface area contributed by atoms with Gasteiger partial charge in [-0.25, -0.2) is 4.79 Å². The number of hydrogen-bond donors (Lipinski definition) is 2. The Morgan fingerprint density at radius 1 is 1.19 bits per heavy atom. The third-order valence-corrected chi connectivity index (χ3v) is 4.08. The Hall–Kier alpha value is -2.83. The van der Waals surface area contributed by atoms with Crippen LogP contribution >= 0.6 is 0 Å². The minimum atomic E-state index is -0.514. The van der Waals surface area contributed by atoms with Crippen molar-refractivity contribution in [2.75, 3.05) is 13.2 Å². The molecule has 0 bridgehead atoms. The quantitative estimate of drug-likeness (QED) is 0.856. The van der Waals surface area contributed by atoms with Gasteiger partial charge < -0.3 is 19.8 Å². The van der Waals surface area contributed by atoms with E-state index < -0.39 is 5.69 Å². The van der Waals surface area contributed by atoms with E-state index in [2.05, 4.69) is 15.3 Å². The molecule has 0 saturated heterocycles. The van der Waals surface area contributed by atoms with E-state index in [4.69, 9.17) is 9.47 Å². The Morgan fingerprint density at radius 3 is 2.65 bits per heavy atom. The van der Waals surface area contributed by atoms with Crippen LogP contribution in [0, 0.1) is 5.92 Å². The lowest BCUT2D eigenvalue weighted by molar-refractivity contribution is 0.0934. The summed E-state index contributed by atoms with van der Waals surface area (Å²) in [6.07, 6.45) is 0.676. The molecule has 1 unspecified atom stereocenters. The van der Waals surface area contributed by atoms with Gasteiger partial charge in [-0.2, -0.15) is 4.98 Å². The van der Waals surface area contributed by atoms with Crippen molar-refractivity contribution in [3.63, 3.8) is 0 Å². The van der Waals surface area contributed by atoms with Crippen LogP contribution in [-0.2, 0) is 6.42 Å². The lowest BCUT2D eigenvalue weighted by Gasteiger charge is -2.21. The number of ether oxygens (including phenoxy) is 2. The number of hydrogen-bond acceptors (Lipinski definition) is 5. The third-order valence-electron chi connectivity index (χ3n) is 4.08. The Bertz CT molecular complexity index is 860. The molecule has 138 valence electrons. The fourth-order valence-corrected chi connectivity index (χ4v) is 2.86.